The summed E-state index contributed by atoms with van der Waals surface area (Å²) in [6, 6.07) is 11.7. The van der Waals surface area contributed by atoms with Crippen LogP contribution in [-0.2, 0) is 17.6 Å². The van der Waals surface area contributed by atoms with E-state index in [9.17, 15) is 9.18 Å². The minimum Gasteiger partial charge on any atom is -0.481 e. The number of hydrogen-bond acceptors (Lipinski definition) is 2. The molecule has 23 heavy (non-hydrogen) atoms. The maximum absolute atomic E-state index is 12.9. The van der Waals surface area contributed by atoms with Crippen LogP contribution in [0.5, 0.6) is 5.75 Å². The van der Waals surface area contributed by atoms with Gasteiger partial charge in [0.2, 0.25) is 0 Å². The van der Waals surface area contributed by atoms with Gasteiger partial charge in [0.15, 0.2) is 6.10 Å². The second-order valence-corrected chi connectivity index (χ2v) is 5.86. The van der Waals surface area contributed by atoms with E-state index in [4.69, 9.17) is 4.74 Å². The highest BCUT2D eigenvalue weighted by Crippen LogP contribution is 2.30. The third-order valence-electron chi connectivity index (χ3n) is 4.14. The Balaban J connectivity index is 1.68. The van der Waals surface area contributed by atoms with Gasteiger partial charge in [-0.1, -0.05) is 12.1 Å². The normalized spacial score (nSPS) is 14.7. The zero-order valence-electron chi connectivity index (χ0n) is 13.1. The molecule has 1 aliphatic rings. The van der Waals surface area contributed by atoms with Gasteiger partial charge >= 0.3 is 0 Å². The lowest BCUT2D eigenvalue weighted by atomic mass is 9.91. The fraction of sp³-hybridized carbons (Fsp3) is 0.316. The molecule has 2 aromatic carbocycles. The van der Waals surface area contributed by atoms with Gasteiger partial charge in [0.1, 0.15) is 11.6 Å². The van der Waals surface area contributed by atoms with Crippen molar-refractivity contribution < 1.29 is 13.9 Å². The third kappa shape index (κ3) is 3.70. The van der Waals surface area contributed by atoms with Crippen LogP contribution in [0.15, 0.2) is 42.5 Å². The zero-order valence-corrected chi connectivity index (χ0v) is 13.1. The summed E-state index contributed by atoms with van der Waals surface area (Å²) in [5.41, 5.74) is 3.10. The summed E-state index contributed by atoms with van der Waals surface area (Å²) in [6.45, 7) is 1.72. The number of nitrogens with one attached hydrogen (secondary N) is 1. The number of ether oxygens (including phenoxy) is 1. The number of anilines is 1. The Kier molecular flexibility index (Phi) is 4.60. The Morgan fingerprint density at radius 3 is 2.65 bits per heavy atom. The zero-order chi connectivity index (χ0) is 16.2. The minimum atomic E-state index is -0.617. The first kappa shape index (κ1) is 15.5. The van der Waals surface area contributed by atoms with Crippen LogP contribution in [-0.4, -0.2) is 12.0 Å². The molecule has 1 atom stereocenters. The number of carbonyl (C=O) groups excluding carboxylic acids is 1. The Labute approximate surface area is 135 Å². The second-order valence-electron chi connectivity index (χ2n) is 5.86. The number of rotatable bonds is 4. The Morgan fingerprint density at radius 1 is 1.13 bits per heavy atom. The van der Waals surface area contributed by atoms with Gasteiger partial charge in [-0.2, -0.15) is 0 Å². The lowest BCUT2D eigenvalue weighted by molar-refractivity contribution is -0.122. The number of hydrogen-bond donors (Lipinski definition) is 1. The van der Waals surface area contributed by atoms with Crippen molar-refractivity contribution in [2.75, 3.05) is 5.32 Å². The average molecular weight is 313 g/mol. The van der Waals surface area contributed by atoms with Gasteiger partial charge in [-0.05, 0) is 74.1 Å². The first-order valence-electron chi connectivity index (χ1n) is 7.97. The molecule has 120 valence electrons. The number of benzene rings is 2. The minimum absolute atomic E-state index is 0.245. The molecule has 0 saturated heterocycles. The summed E-state index contributed by atoms with van der Waals surface area (Å²) in [5, 5.41) is 2.74. The number of halogens is 1. The molecule has 2 aromatic rings. The molecule has 0 radical (unpaired) electrons. The summed E-state index contributed by atoms with van der Waals surface area (Å²) in [4.78, 5) is 12.2. The number of carbonyl (C=O) groups is 1. The van der Waals surface area contributed by atoms with Crippen molar-refractivity contribution in [3.05, 3.63) is 59.4 Å². The summed E-state index contributed by atoms with van der Waals surface area (Å²) in [7, 11) is 0. The van der Waals surface area contributed by atoms with Crippen molar-refractivity contribution >= 4 is 11.6 Å². The largest absolute Gasteiger partial charge is 0.481 e. The van der Waals surface area contributed by atoms with Crippen LogP contribution in [0.1, 0.15) is 30.9 Å². The SMILES string of the molecule is C[C@H](Oc1cccc2c1CCCC2)C(=O)Nc1ccc(F)cc1. The van der Waals surface area contributed by atoms with Gasteiger partial charge in [-0.3, -0.25) is 4.79 Å². The topological polar surface area (TPSA) is 38.3 Å². The summed E-state index contributed by atoms with van der Waals surface area (Å²) >= 11 is 0. The van der Waals surface area contributed by atoms with Gasteiger partial charge in [0, 0.05) is 5.69 Å². The van der Waals surface area contributed by atoms with Crippen LogP contribution < -0.4 is 10.1 Å². The van der Waals surface area contributed by atoms with E-state index in [1.54, 1.807) is 6.92 Å². The molecule has 0 spiro atoms. The Bertz CT molecular complexity index is 697. The van der Waals surface area contributed by atoms with Crippen molar-refractivity contribution in [1.82, 2.24) is 0 Å². The van der Waals surface area contributed by atoms with E-state index in [1.807, 2.05) is 12.1 Å². The van der Waals surface area contributed by atoms with E-state index >= 15 is 0 Å². The lowest BCUT2D eigenvalue weighted by Crippen LogP contribution is -2.30. The molecule has 0 bridgehead atoms. The fourth-order valence-corrected chi connectivity index (χ4v) is 2.88. The molecule has 1 amide bonds. The molecule has 0 fully saturated rings. The van der Waals surface area contributed by atoms with Crippen molar-refractivity contribution in [2.45, 2.75) is 38.7 Å². The van der Waals surface area contributed by atoms with E-state index < -0.39 is 6.10 Å². The summed E-state index contributed by atoms with van der Waals surface area (Å²) < 4.78 is 18.8. The highest BCUT2D eigenvalue weighted by Gasteiger charge is 2.19. The first-order chi connectivity index (χ1) is 11.1. The second kappa shape index (κ2) is 6.82. The predicted molar refractivity (Wildman–Crippen MR) is 88.2 cm³/mol. The molecular weight excluding hydrogens is 293 g/mol. The molecule has 0 heterocycles. The molecule has 0 aliphatic heterocycles. The van der Waals surface area contributed by atoms with E-state index in [0.717, 1.165) is 25.0 Å². The lowest BCUT2D eigenvalue weighted by Gasteiger charge is -2.22. The van der Waals surface area contributed by atoms with Crippen LogP contribution in [0.25, 0.3) is 0 Å². The monoisotopic (exact) mass is 313 g/mol. The molecule has 1 aliphatic carbocycles. The molecule has 0 aromatic heterocycles. The highest BCUT2D eigenvalue weighted by atomic mass is 19.1. The van der Waals surface area contributed by atoms with Crippen molar-refractivity contribution in [3.63, 3.8) is 0 Å². The number of amides is 1. The van der Waals surface area contributed by atoms with Crippen molar-refractivity contribution in [2.24, 2.45) is 0 Å². The van der Waals surface area contributed by atoms with Gasteiger partial charge in [-0.25, -0.2) is 4.39 Å². The summed E-state index contributed by atoms with van der Waals surface area (Å²) in [6.07, 6.45) is 3.81. The molecule has 0 unspecified atom stereocenters. The maximum atomic E-state index is 12.9. The molecule has 0 saturated carbocycles. The number of aryl methyl sites for hydroxylation is 1. The highest BCUT2D eigenvalue weighted by molar-refractivity contribution is 5.94. The summed E-state index contributed by atoms with van der Waals surface area (Å²) in [5.74, 6) is 0.220. The molecule has 3 rings (SSSR count). The third-order valence-corrected chi connectivity index (χ3v) is 4.14. The molecular formula is C19H20FNO2. The fourth-order valence-electron chi connectivity index (χ4n) is 2.88. The van der Waals surface area contributed by atoms with Crippen LogP contribution in [0, 0.1) is 5.82 Å². The average Bonchev–Trinajstić information content (AvgIpc) is 2.57. The van der Waals surface area contributed by atoms with E-state index in [1.165, 1.54) is 41.8 Å². The smallest absolute Gasteiger partial charge is 0.265 e. The van der Waals surface area contributed by atoms with E-state index in [-0.39, 0.29) is 11.7 Å². The standard InChI is InChI=1S/C19H20FNO2/c1-13(19(22)21-16-11-9-15(20)10-12-16)23-18-8-4-6-14-5-2-3-7-17(14)18/h4,6,8-13H,2-3,5,7H2,1H3,(H,21,22)/t13-/m0/s1. The van der Waals surface area contributed by atoms with E-state index in [0.29, 0.717) is 5.69 Å². The van der Waals surface area contributed by atoms with Crippen LogP contribution in [0.3, 0.4) is 0 Å². The van der Waals surface area contributed by atoms with Crippen molar-refractivity contribution in [3.8, 4) is 5.75 Å². The van der Waals surface area contributed by atoms with Crippen LogP contribution in [0.4, 0.5) is 10.1 Å². The molecule has 4 heteroatoms. The van der Waals surface area contributed by atoms with Crippen LogP contribution >= 0.6 is 0 Å². The van der Waals surface area contributed by atoms with Gasteiger partial charge in [0.05, 0.1) is 0 Å². The van der Waals surface area contributed by atoms with Gasteiger partial charge in [0.25, 0.3) is 5.91 Å². The van der Waals surface area contributed by atoms with Gasteiger partial charge < -0.3 is 10.1 Å². The van der Waals surface area contributed by atoms with Gasteiger partial charge in [-0.15, -0.1) is 0 Å². The predicted octanol–water partition coefficient (Wildman–Crippen LogP) is 4.11. The Hall–Kier alpha value is -2.36. The van der Waals surface area contributed by atoms with Crippen molar-refractivity contribution in [1.29, 1.82) is 0 Å². The quantitative estimate of drug-likeness (QED) is 0.922. The molecule has 1 N–H and O–H groups in total. The molecule has 3 nitrogen and oxygen atoms in total. The first-order valence-corrected chi connectivity index (χ1v) is 7.97. The van der Waals surface area contributed by atoms with E-state index in [2.05, 4.69) is 11.4 Å². The number of fused-ring (bicyclic) bond motifs is 1. The van der Waals surface area contributed by atoms with Crippen LogP contribution in [0.2, 0.25) is 0 Å². The maximum Gasteiger partial charge on any atom is 0.265 e. The Morgan fingerprint density at radius 2 is 1.87 bits per heavy atom.